The van der Waals surface area contributed by atoms with E-state index in [0.717, 1.165) is 0 Å². The van der Waals surface area contributed by atoms with E-state index in [9.17, 15) is 0 Å². The van der Waals surface area contributed by atoms with Gasteiger partial charge in [0.05, 0.1) is 0 Å². The number of hydrogen-bond acceptors (Lipinski definition) is 0. The van der Waals surface area contributed by atoms with E-state index in [1.807, 2.05) is 24.3 Å². The molecule has 3 heteroatoms. The molecule has 0 N–H and O–H groups in total. The maximum atomic E-state index is 2.61. The van der Waals surface area contributed by atoms with Crippen molar-refractivity contribution in [3.8, 4) is 33.4 Å². The van der Waals surface area contributed by atoms with Gasteiger partial charge in [0, 0.05) is 0 Å². The van der Waals surface area contributed by atoms with Crippen molar-refractivity contribution in [1.82, 2.24) is 0 Å². The van der Waals surface area contributed by atoms with Gasteiger partial charge in [0.2, 0.25) is 0 Å². The summed E-state index contributed by atoms with van der Waals surface area (Å²) >= 11 is -1.93. The monoisotopic (exact) mass is 838 g/mol. The number of fused-ring (bicyclic) bond motifs is 3. The largest absolute Gasteiger partial charge is 1.00 e. The van der Waals surface area contributed by atoms with Gasteiger partial charge < -0.3 is 24.8 Å². The van der Waals surface area contributed by atoms with Crippen molar-refractivity contribution < 1.29 is 46.1 Å². The summed E-state index contributed by atoms with van der Waals surface area (Å²) in [6.45, 7) is 16.3. The second kappa shape index (κ2) is 19.8. The maximum absolute atomic E-state index is 2.61. The van der Waals surface area contributed by atoms with Gasteiger partial charge in [0.1, 0.15) is 0 Å². The minimum absolute atomic E-state index is 0. The Morgan fingerprint density at radius 3 is 1.11 bits per heavy atom. The van der Waals surface area contributed by atoms with Crippen molar-refractivity contribution in [2.75, 3.05) is 0 Å². The van der Waals surface area contributed by atoms with Crippen LogP contribution in [-0.2, 0) is 32.1 Å². The Bertz CT molecular complexity index is 1990. The predicted molar refractivity (Wildman–Crippen MR) is 228 cm³/mol. The second-order valence-corrected chi connectivity index (χ2v) is 22.7. The van der Waals surface area contributed by atoms with Crippen LogP contribution in [0.3, 0.4) is 0 Å². The van der Waals surface area contributed by atoms with Crippen molar-refractivity contribution in [1.29, 1.82) is 0 Å². The van der Waals surface area contributed by atoms with E-state index in [1.165, 1.54) is 50.9 Å². The number of halogens is 2. The normalized spacial score (nSPS) is 12.7. The van der Waals surface area contributed by atoms with Crippen LogP contribution >= 0.6 is 0 Å². The summed E-state index contributed by atoms with van der Waals surface area (Å²) in [6, 6.07) is 56.3. The minimum atomic E-state index is -1.93. The van der Waals surface area contributed by atoms with Crippen LogP contribution in [0.25, 0.3) is 33.4 Å². The fraction of sp³-hybridized carbons (Fsp3) is 0.212. The molecule has 2 aliphatic rings. The third kappa shape index (κ3) is 10.9. The molecule has 6 aromatic carbocycles. The Kier molecular flexibility index (Phi) is 15.8. The Balaban J connectivity index is 0.000000213. The molecule has 8 rings (SSSR count). The molecule has 0 bridgehead atoms. The molecular weight excluding hydrogens is 787 g/mol. The third-order valence-corrected chi connectivity index (χ3v) is 17.6. The van der Waals surface area contributed by atoms with Crippen LogP contribution in [-0.4, -0.2) is 3.71 Å². The summed E-state index contributed by atoms with van der Waals surface area (Å²) in [4.78, 5) is 0. The van der Waals surface area contributed by atoms with E-state index in [0.29, 0.717) is 3.63 Å². The van der Waals surface area contributed by atoms with Crippen molar-refractivity contribution >= 4 is 3.71 Å². The van der Waals surface area contributed by atoms with Crippen LogP contribution < -0.4 is 24.8 Å². The number of allylic oxidation sites excluding steroid dienone is 4. The molecule has 280 valence electrons. The van der Waals surface area contributed by atoms with Crippen LogP contribution in [0.1, 0.15) is 80.8 Å². The molecule has 0 unspecified atom stereocenters. The first kappa shape index (κ1) is 43.9. The molecule has 0 nitrogen and oxygen atoms in total. The van der Waals surface area contributed by atoms with Gasteiger partial charge in [-0.1, -0.05) is 121 Å². The van der Waals surface area contributed by atoms with E-state index in [4.69, 9.17) is 0 Å². The Labute approximate surface area is 351 Å². The molecule has 0 saturated carbocycles. The van der Waals surface area contributed by atoms with Gasteiger partial charge in [-0.2, -0.15) is 0 Å². The van der Waals surface area contributed by atoms with Crippen LogP contribution in [0, 0.1) is 0 Å². The number of rotatable bonds is 4. The topological polar surface area (TPSA) is 0 Å². The first-order valence-corrected chi connectivity index (χ1v) is 23.1. The Morgan fingerprint density at radius 2 is 0.836 bits per heavy atom. The molecule has 55 heavy (non-hydrogen) atoms. The molecule has 0 saturated heterocycles. The summed E-state index contributed by atoms with van der Waals surface area (Å²) in [5.74, 6) is 0. The summed E-state index contributed by atoms with van der Waals surface area (Å²) < 4.78 is 4.96. The van der Waals surface area contributed by atoms with Crippen LogP contribution in [0.5, 0.6) is 0 Å². The summed E-state index contributed by atoms with van der Waals surface area (Å²) in [5.41, 5.74) is 14.5. The van der Waals surface area contributed by atoms with Crippen molar-refractivity contribution in [3.63, 3.8) is 0 Å². The van der Waals surface area contributed by atoms with Crippen LogP contribution in [0.15, 0.2) is 179 Å². The molecule has 0 atom stereocenters. The minimum Gasteiger partial charge on any atom is -1.00 e. The van der Waals surface area contributed by atoms with Gasteiger partial charge in [0.15, 0.2) is 0 Å². The molecule has 0 radical (unpaired) electrons. The van der Waals surface area contributed by atoms with Crippen LogP contribution in [0.2, 0.25) is 0 Å². The second-order valence-electron chi connectivity index (χ2n) is 16.1. The van der Waals surface area contributed by atoms with Gasteiger partial charge in [-0.15, -0.1) is 0 Å². The van der Waals surface area contributed by atoms with Crippen molar-refractivity contribution in [2.45, 2.75) is 69.3 Å². The zero-order valence-corrected chi connectivity index (χ0v) is 37.3. The molecular formula is C52H54Cl2Zr. The number of hydrogen-bond donors (Lipinski definition) is 0. The Morgan fingerprint density at radius 1 is 0.491 bits per heavy atom. The van der Waals surface area contributed by atoms with E-state index in [-0.39, 0.29) is 35.6 Å². The van der Waals surface area contributed by atoms with Gasteiger partial charge >= 0.3 is 186 Å². The first-order valence-electron chi connectivity index (χ1n) is 19.1. The molecule has 6 aromatic rings. The quantitative estimate of drug-likeness (QED) is 0.168. The third-order valence-electron chi connectivity index (χ3n) is 10.3. The SMILES string of the molecule is C/[CH]=[Zr+2](\[C]1=CC=CC1)[CH]1c2ccc(C(C)(C)C)cc2-c2cc(C(C)(C)C)ccc21.[Cl-].[Cl-].c1ccc(-c2ccccc2)cc1.c1ccc(-c2ccccc2)cc1. The van der Waals surface area contributed by atoms with Crippen LogP contribution in [0.4, 0.5) is 0 Å². The Hall–Kier alpha value is -3.87. The molecule has 0 heterocycles. The standard InChI is InChI=1S/C21H25.2C12H10.C5H5.C2H4.2ClH.Zr/c1-20(2,3)16-9-7-14-11-15-8-10-17(21(4,5)6)13-19(15)18(14)12-16;2*1-3-7-11(8-4-1)12-9-5-2-6-10-12;1-2-4-5-3-1;1-2;;;/h7-13H,1-6H3;2*1-10H;1-3H,4H2;1H,2H3;2*1H;/q;;;;;;;+2/p-2. The molecule has 2 aliphatic carbocycles. The van der Waals surface area contributed by atoms with Gasteiger partial charge in [-0.3, -0.25) is 0 Å². The molecule has 0 fully saturated rings. The van der Waals surface area contributed by atoms with E-state index < -0.39 is 21.3 Å². The van der Waals surface area contributed by atoms with E-state index in [2.05, 4.69) is 204 Å². The molecule has 0 aromatic heterocycles. The summed E-state index contributed by atoms with van der Waals surface area (Å²) in [6.07, 6.45) is 8.18. The summed E-state index contributed by atoms with van der Waals surface area (Å²) in [7, 11) is 0. The predicted octanol–water partition coefficient (Wildman–Crippen LogP) is 8.35. The fourth-order valence-corrected chi connectivity index (χ4v) is 14.3. The number of benzene rings is 6. The van der Waals surface area contributed by atoms with E-state index >= 15 is 0 Å². The zero-order valence-electron chi connectivity index (χ0n) is 33.4. The van der Waals surface area contributed by atoms with Gasteiger partial charge in [-0.25, -0.2) is 0 Å². The average Bonchev–Trinajstić information content (AvgIpc) is 3.83. The first-order chi connectivity index (χ1) is 25.5. The molecule has 0 aliphatic heterocycles. The summed E-state index contributed by atoms with van der Waals surface area (Å²) in [5, 5.41) is 0. The van der Waals surface area contributed by atoms with Crippen molar-refractivity contribution in [3.05, 3.63) is 201 Å². The fourth-order valence-electron chi connectivity index (χ4n) is 7.24. The average molecular weight is 841 g/mol. The zero-order chi connectivity index (χ0) is 37.4. The van der Waals surface area contributed by atoms with Crippen molar-refractivity contribution in [2.24, 2.45) is 0 Å². The molecule has 0 amide bonds. The maximum Gasteiger partial charge on any atom is -0.0184 e. The van der Waals surface area contributed by atoms with Gasteiger partial charge in [-0.05, 0) is 22.3 Å². The van der Waals surface area contributed by atoms with Gasteiger partial charge in [0.25, 0.3) is 0 Å². The smallest absolute Gasteiger partial charge is 0.0184 e. The molecule has 0 spiro atoms. The van der Waals surface area contributed by atoms with E-state index in [1.54, 1.807) is 14.4 Å².